The molecular formula is C29H21Cl2FN4O3. The molecule has 0 saturated carbocycles. The van der Waals surface area contributed by atoms with Gasteiger partial charge in [-0.3, -0.25) is 19.4 Å². The minimum absolute atomic E-state index is 0.0624. The highest BCUT2D eigenvalue weighted by atomic mass is 35.5. The van der Waals surface area contributed by atoms with E-state index >= 15 is 0 Å². The van der Waals surface area contributed by atoms with Crippen LogP contribution in [0, 0.1) is 5.82 Å². The van der Waals surface area contributed by atoms with Gasteiger partial charge in [0.2, 0.25) is 0 Å². The Labute approximate surface area is 233 Å². The van der Waals surface area contributed by atoms with Gasteiger partial charge in [0.25, 0.3) is 11.8 Å². The second-order valence-corrected chi connectivity index (χ2v) is 9.89. The molecule has 3 heterocycles. The first-order chi connectivity index (χ1) is 18.8. The van der Waals surface area contributed by atoms with Gasteiger partial charge in [0.15, 0.2) is 5.78 Å². The van der Waals surface area contributed by atoms with Crippen molar-refractivity contribution in [3.05, 3.63) is 123 Å². The van der Waals surface area contributed by atoms with E-state index in [9.17, 15) is 18.8 Å². The highest BCUT2D eigenvalue weighted by Gasteiger charge is 2.36. The summed E-state index contributed by atoms with van der Waals surface area (Å²) in [4.78, 5) is 49.6. The Balaban J connectivity index is 1.44. The fraction of sp³-hybridized carbons (Fsp3) is 0.138. The summed E-state index contributed by atoms with van der Waals surface area (Å²) in [5.41, 5.74) is 2.46. The first-order valence-corrected chi connectivity index (χ1v) is 12.8. The molecule has 39 heavy (non-hydrogen) atoms. The highest BCUT2D eigenvalue weighted by molar-refractivity contribution is 6.34. The molecule has 1 aliphatic rings. The summed E-state index contributed by atoms with van der Waals surface area (Å²) in [6, 6.07) is 16.9. The SMILES string of the molecule is O=C(Nc1ccc(F)cn1)c1ccc(CN2C(=O)c3ccc(Cl)cc3CC(=O)[C@H]2Cc2ccccn2)cc1Cl. The molecule has 2 amide bonds. The molecule has 1 aliphatic heterocycles. The normalized spacial score (nSPS) is 15.1. The number of halogens is 3. The number of amides is 2. The molecule has 0 spiro atoms. The van der Waals surface area contributed by atoms with Crippen LogP contribution < -0.4 is 5.32 Å². The van der Waals surface area contributed by atoms with Gasteiger partial charge in [-0.2, -0.15) is 0 Å². The Morgan fingerprint density at radius 1 is 1.03 bits per heavy atom. The standard InChI is InChI=1S/C29H21Cl2FN4O3/c30-19-5-8-22-18(12-19)13-26(37)25(14-21-3-1-2-10-33-21)36(29(22)39)16-17-4-7-23(24(31)11-17)28(38)35-27-9-6-20(32)15-34-27/h1-12,15,25H,13-14,16H2,(H,34,35,38)/t25-/m1/s1. The van der Waals surface area contributed by atoms with Crippen LogP contribution in [-0.2, 0) is 24.2 Å². The van der Waals surface area contributed by atoms with Crippen molar-refractivity contribution in [2.45, 2.75) is 25.4 Å². The van der Waals surface area contributed by atoms with Gasteiger partial charge in [-0.1, -0.05) is 35.3 Å². The van der Waals surface area contributed by atoms with Crippen LogP contribution in [0.5, 0.6) is 0 Å². The van der Waals surface area contributed by atoms with E-state index in [1.165, 1.54) is 23.1 Å². The van der Waals surface area contributed by atoms with Crippen LogP contribution in [0.25, 0.3) is 0 Å². The first kappa shape index (κ1) is 26.5. The third-order valence-corrected chi connectivity index (χ3v) is 6.95. The molecule has 1 N–H and O–H groups in total. The second-order valence-electron chi connectivity index (χ2n) is 9.05. The summed E-state index contributed by atoms with van der Waals surface area (Å²) < 4.78 is 13.1. The summed E-state index contributed by atoms with van der Waals surface area (Å²) in [7, 11) is 0. The van der Waals surface area contributed by atoms with Crippen molar-refractivity contribution in [3.8, 4) is 0 Å². The number of nitrogens with zero attached hydrogens (tertiary/aromatic N) is 3. The van der Waals surface area contributed by atoms with E-state index in [4.69, 9.17) is 23.2 Å². The molecule has 10 heteroatoms. The zero-order valence-corrected chi connectivity index (χ0v) is 21.9. The molecule has 2 aromatic heterocycles. The van der Waals surface area contributed by atoms with Crippen molar-refractivity contribution < 1.29 is 18.8 Å². The minimum atomic E-state index is -0.773. The average molecular weight is 563 g/mol. The Morgan fingerprint density at radius 2 is 1.87 bits per heavy atom. The lowest BCUT2D eigenvalue weighted by atomic mass is 9.99. The number of aromatic nitrogens is 2. The maximum Gasteiger partial charge on any atom is 0.258 e. The largest absolute Gasteiger partial charge is 0.324 e. The Bertz CT molecular complexity index is 1570. The summed E-state index contributed by atoms with van der Waals surface area (Å²) in [6.07, 6.45) is 2.94. The van der Waals surface area contributed by atoms with Crippen LogP contribution in [0.3, 0.4) is 0 Å². The van der Waals surface area contributed by atoms with E-state index in [2.05, 4.69) is 15.3 Å². The number of Topliss-reactive ketones (excluding diaryl/α,β-unsaturated/α-hetero) is 1. The van der Waals surface area contributed by atoms with E-state index < -0.39 is 17.8 Å². The lowest BCUT2D eigenvalue weighted by Gasteiger charge is -2.29. The number of benzene rings is 2. The average Bonchev–Trinajstić information content (AvgIpc) is 3.00. The van der Waals surface area contributed by atoms with E-state index in [1.807, 2.05) is 12.1 Å². The minimum Gasteiger partial charge on any atom is -0.324 e. The topological polar surface area (TPSA) is 92.3 Å². The summed E-state index contributed by atoms with van der Waals surface area (Å²) in [5, 5.41) is 3.16. The molecule has 0 saturated heterocycles. The lowest BCUT2D eigenvalue weighted by molar-refractivity contribution is -0.122. The molecule has 0 fully saturated rings. The molecule has 0 bridgehead atoms. The van der Waals surface area contributed by atoms with Gasteiger partial charge < -0.3 is 10.2 Å². The van der Waals surface area contributed by atoms with Crippen LogP contribution in [0.4, 0.5) is 10.2 Å². The number of carbonyl (C=O) groups excluding carboxylic acids is 3. The van der Waals surface area contributed by atoms with Gasteiger partial charge >= 0.3 is 0 Å². The monoisotopic (exact) mass is 562 g/mol. The molecule has 4 aromatic rings. The fourth-order valence-electron chi connectivity index (χ4n) is 4.49. The van der Waals surface area contributed by atoms with Crippen LogP contribution in [0.2, 0.25) is 10.0 Å². The number of fused-ring (bicyclic) bond motifs is 1. The van der Waals surface area contributed by atoms with Gasteiger partial charge in [-0.15, -0.1) is 0 Å². The zero-order chi connectivity index (χ0) is 27.5. The van der Waals surface area contributed by atoms with Crippen LogP contribution in [0.1, 0.15) is 37.5 Å². The number of hydrogen-bond acceptors (Lipinski definition) is 5. The van der Waals surface area contributed by atoms with Gasteiger partial charge in [0, 0.05) is 41.9 Å². The smallest absolute Gasteiger partial charge is 0.258 e. The van der Waals surface area contributed by atoms with Crippen molar-refractivity contribution >= 4 is 46.6 Å². The molecule has 1 atom stereocenters. The third-order valence-electron chi connectivity index (χ3n) is 6.40. The Morgan fingerprint density at radius 3 is 2.59 bits per heavy atom. The third kappa shape index (κ3) is 5.97. The highest BCUT2D eigenvalue weighted by Crippen LogP contribution is 2.28. The van der Waals surface area contributed by atoms with Gasteiger partial charge in [0.05, 0.1) is 22.8 Å². The van der Waals surface area contributed by atoms with Crippen LogP contribution in [-0.4, -0.2) is 38.5 Å². The van der Waals surface area contributed by atoms with Crippen molar-refractivity contribution in [1.29, 1.82) is 0 Å². The van der Waals surface area contributed by atoms with Crippen molar-refractivity contribution in [1.82, 2.24) is 14.9 Å². The maximum absolute atomic E-state index is 13.8. The predicted molar refractivity (Wildman–Crippen MR) is 145 cm³/mol. The van der Waals surface area contributed by atoms with Gasteiger partial charge in [-0.25, -0.2) is 9.37 Å². The number of ketones is 1. The molecule has 7 nitrogen and oxygen atoms in total. The maximum atomic E-state index is 13.8. The number of rotatable bonds is 6. The molecule has 0 aliphatic carbocycles. The number of pyridine rings is 2. The summed E-state index contributed by atoms with van der Waals surface area (Å²) in [5.74, 6) is -1.32. The van der Waals surface area contributed by atoms with E-state index in [0.717, 1.165) is 6.20 Å². The van der Waals surface area contributed by atoms with E-state index in [-0.39, 0.29) is 47.5 Å². The second kappa shape index (κ2) is 11.3. The number of hydrogen-bond donors (Lipinski definition) is 1. The van der Waals surface area contributed by atoms with Crippen molar-refractivity contribution in [3.63, 3.8) is 0 Å². The number of anilines is 1. The fourth-order valence-corrected chi connectivity index (χ4v) is 4.97. The Hall–Kier alpha value is -4.14. The molecule has 2 aromatic carbocycles. The molecule has 5 rings (SSSR count). The quantitative estimate of drug-likeness (QED) is 0.332. The molecule has 0 radical (unpaired) electrons. The van der Waals surface area contributed by atoms with Gasteiger partial charge in [0.1, 0.15) is 11.6 Å². The first-order valence-electron chi connectivity index (χ1n) is 12.0. The predicted octanol–water partition coefficient (Wildman–Crippen LogP) is 5.55. The number of nitrogens with one attached hydrogen (secondary N) is 1. The summed E-state index contributed by atoms with van der Waals surface area (Å²) >= 11 is 12.6. The zero-order valence-electron chi connectivity index (χ0n) is 20.4. The molecule has 196 valence electrons. The molecular weight excluding hydrogens is 542 g/mol. The van der Waals surface area contributed by atoms with E-state index in [1.54, 1.807) is 42.6 Å². The van der Waals surface area contributed by atoms with Gasteiger partial charge in [-0.05, 0) is 65.7 Å². The molecule has 0 unspecified atom stereocenters. The Kier molecular flexibility index (Phi) is 7.67. The number of carbonyl (C=O) groups is 3. The van der Waals surface area contributed by atoms with Crippen molar-refractivity contribution in [2.75, 3.05) is 5.32 Å². The van der Waals surface area contributed by atoms with Crippen molar-refractivity contribution in [2.24, 2.45) is 0 Å². The summed E-state index contributed by atoms with van der Waals surface area (Å²) in [6.45, 7) is 0.0747. The van der Waals surface area contributed by atoms with Crippen LogP contribution >= 0.6 is 23.2 Å². The van der Waals surface area contributed by atoms with Crippen LogP contribution in [0.15, 0.2) is 79.1 Å². The lowest BCUT2D eigenvalue weighted by Crippen LogP contribution is -2.45. The van der Waals surface area contributed by atoms with E-state index in [0.29, 0.717) is 27.4 Å².